The van der Waals surface area contributed by atoms with Crippen molar-refractivity contribution in [1.82, 2.24) is 0 Å². The SMILES string of the molecule is O=C(CCl)CC(=O)Nc1ccc([N+](=O)[O-])cc1. The number of Topliss-reactive ketones (excluding diaryl/α,β-unsaturated/α-hetero) is 1. The fourth-order valence-electron chi connectivity index (χ4n) is 1.10. The van der Waals surface area contributed by atoms with Crippen LogP contribution < -0.4 is 5.32 Å². The third-order valence-corrected chi connectivity index (χ3v) is 2.17. The van der Waals surface area contributed by atoms with Gasteiger partial charge in [0, 0.05) is 17.8 Å². The summed E-state index contributed by atoms with van der Waals surface area (Å²) in [6, 6.07) is 5.31. The van der Waals surface area contributed by atoms with E-state index in [0.29, 0.717) is 5.69 Å². The molecule has 0 fully saturated rings. The third-order valence-electron chi connectivity index (χ3n) is 1.87. The molecule has 0 atom stereocenters. The zero-order chi connectivity index (χ0) is 12.8. The van der Waals surface area contributed by atoms with E-state index in [2.05, 4.69) is 5.32 Å². The maximum atomic E-state index is 11.3. The van der Waals surface area contributed by atoms with Gasteiger partial charge < -0.3 is 5.32 Å². The Morgan fingerprint density at radius 1 is 1.29 bits per heavy atom. The molecule has 90 valence electrons. The number of hydrogen-bond acceptors (Lipinski definition) is 4. The first kappa shape index (κ1) is 13.1. The van der Waals surface area contributed by atoms with Gasteiger partial charge in [0.1, 0.15) is 0 Å². The molecule has 0 spiro atoms. The van der Waals surface area contributed by atoms with E-state index in [9.17, 15) is 19.7 Å². The minimum atomic E-state index is -0.539. The summed E-state index contributed by atoms with van der Waals surface area (Å²) in [5, 5.41) is 12.8. The second-order valence-corrected chi connectivity index (χ2v) is 3.47. The van der Waals surface area contributed by atoms with Crippen molar-refractivity contribution in [3.8, 4) is 0 Å². The summed E-state index contributed by atoms with van der Waals surface area (Å²) in [4.78, 5) is 32.0. The number of amides is 1. The number of halogens is 1. The minimum Gasteiger partial charge on any atom is -0.326 e. The van der Waals surface area contributed by atoms with Gasteiger partial charge in [-0.05, 0) is 12.1 Å². The number of nitro groups is 1. The summed E-state index contributed by atoms with van der Waals surface area (Å²) in [7, 11) is 0. The first-order valence-electron chi connectivity index (χ1n) is 4.65. The molecule has 0 saturated carbocycles. The van der Waals surface area contributed by atoms with Gasteiger partial charge in [0.2, 0.25) is 5.91 Å². The van der Waals surface area contributed by atoms with Crippen LogP contribution in [0.15, 0.2) is 24.3 Å². The number of carbonyl (C=O) groups excluding carboxylic acids is 2. The third kappa shape index (κ3) is 4.20. The molecule has 1 N–H and O–H groups in total. The highest BCUT2D eigenvalue weighted by Gasteiger charge is 2.09. The topological polar surface area (TPSA) is 89.3 Å². The van der Waals surface area contributed by atoms with Gasteiger partial charge in [0.05, 0.1) is 17.2 Å². The average molecular weight is 257 g/mol. The zero-order valence-electron chi connectivity index (χ0n) is 8.68. The molecule has 1 amide bonds. The summed E-state index contributed by atoms with van der Waals surface area (Å²) in [5.41, 5.74) is 0.322. The van der Waals surface area contributed by atoms with E-state index in [1.807, 2.05) is 0 Å². The van der Waals surface area contributed by atoms with Crippen molar-refractivity contribution in [3.05, 3.63) is 34.4 Å². The Morgan fingerprint density at radius 3 is 2.35 bits per heavy atom. The Hall–Kier alpha value is -1.95. The van der Waals surface area contributed by atoms with Gasteiger partial charge in [0.25, 0.3) is 5.69 Å². The maximum absolute atomic E-state index is 11.3. The van der Waals surface area contributed by atoms with Gasteiger partial charge in [-0.3, -0.25) is 19.7 Å². The van der Waals surface area contributed by atoms with E-state index >= 15 is 0 Å². The van der Waals surface area contributed by atoms with Crippen LogP contribution in [0.25, 0.3) is 0 Å². The van der Waals surface area contributed by atoms with E-state index in [1.54, 1.807) is 0 Å². The van der Waals surface area contributed by atoms with E-state index in [1.165, 1.54) is 24.3 Å². The van der Waals surface area contributed by atoms with E-state index < -0.39 is 10.8 Å². The van der Waals surface area contributed by atoms with Crippen molar-refractivity contribution in [2.24, 2.45) is 0 Å². The molecule has 1 aromatic carbocycles. The van der Waals surface area contributed by atoms with Crippen LogP contribution in [-0.4, -0.2) is 22.5 Å². The number of nitro benzene ring substituents is 1. The lowest BCUT2D eigenvalue weighted by Gasteiger charge is -2.03. The van der Waals surface area contributed by atoms with Gasteiger partial charge in [-0.1, -0.05) is 0 Å². The van der Waals surface area contributed by atoms with Crippen molar-refractivity contribution in [2.45, 2.75) is 6.42 Å². The quantitative estimate of drug-likeness (QED) is 0.376. The fraction of sp³-hybridized carbons (Fsp3) is 0.200. The molecule has 6 nitrogen and oxygen atoms in total. The van der Waals surface area contributed by atoms with Crippen molar-refractivity contribution >= 4 is 34.7 Å². The predicted octanol–water partition coefficient (Wildman–Crippen LogP) is 1.73. The molecule has 0 aliphatic rings. The van der Waals surface area contributed by atoms with Gasteiger partial charge in [-0.25, -0.2) is 0 Å². The molecule has 17 heavy (non-hydrogen) atoms. The van der Waals surface area contributed by atoms with Crippen molar-refractivity contribution in [2.75, 3.05) is 11.2 Å². The molecule has 1 aromatic rings. The van der Waals surface area contributed by atoms with Crippen LogP contribution >= 0.6 is 11.6 Å². The van der Waals surface area contributed by atoms with Crippen molar-refractivity contribution in [3.63, 3.8) is 0 Å². The Balaban J connectivity index is 2.60. The molecule has 0 aliphatic heterocycles. The first-order chi connectivity index (χ1) is 8.02. The standard InChI is InChI=1S/C10H9ClN2O4/c11-6-9(14)5-10(15)12-7-1-3-8(4-2-7)13(16)17/h1-4H,5-6H2,(H,12,15). The average Bonchev–Trinajstić information content (AvgIpc) is 2.29. The molecule has 0 unspecified atom stereocenters. The Kier molecular flexibility index (Phi) is 4.59. The van der Waals surface area contributed by atoms with Crippen molar-refractivity contribution < 1.29 is 14.5 Å². The second kappa shape index (κ2) is 5.95. The number of rotatable bonds is 5. The lowest BCUT2D eigenvalue weighted by Crippen LogP contribution is -2.16. The molecule has 1 rings (SSSR count). The number of alkyl halides is 1. The molecule has 0 radical (unpaired) electrons. The second-order valence-electron chi connectivity index (χ2n) is 3.20. The number of anilines is 1. The van der Waals surface area contributed by atoms with Crippen molar-refractivity contribution in [1.29, 1.82) is 0 Å². The van der Waals surface area contributed by atoms with Gasteiger partial charge in [-0.2, -0.15) is 0 Å². The number of hydrogen-bond donors (Lipinski definition) is 1. The molecule has 0 aliphatic carbocycles. The lowest BCUT2D eigenvalue weighted by atomic mass is 10.2. The molecular weight excluding hydrogens is 248 g/mol. The van der Waals surface area contributed by atoms with Gasteiger partial charge >= 0.3 is 0 Å². The summed E-state index contributed by atoms with van der Waals surface area (Å²) in [5.74, 6) is -1.09. The molecule has 0 saturated heterocycles. The van der Waals surface area contributed by atoms with Crippen LogP contribution in [0, 0.1) is 10.1 Å². The minimum absolute atomic E-state index is 0.0696. The van der Waals surface area contributed by atoms with E-state index in [0.717, 1.165) is 0 Å². The lowest BCUT2D eigenvalue weighted by molar-refractivity contribution is -0.384. The number of nitrogens with one attached hydrogen (secondary N) is 1. The van der Waals surface area contributed by atoms with E-state index in [4.69, 9.17) is 11.6 Å². The van der Waals surface area contributed by atoms with Crippen LogP contribution in [-0.2, 0) is 9.59 Å². The van der Waals surface area contributed by atoms with Crippen LogP contribution in [0.3, 0.4) is 0 Å². The number of carbonyl (C=O) groups is 2. The molecule has 7 heteroatoms. The zero-order valence-corrected chi connectivity index (χ0v) is 9.44. The summed E-state index contributed by atoms with van der Waals surface area (Å²) in [6.45, 7) is 0. The van der Waals surface area contributed by atoms with Crippen LogP contribution in [0.2, 0.25) is 0 Å². The Morgan fingerprint density at radius 2 is 1.88 bits per heavy atom. The summed E-state index contributed by atoms with van der Waals surface area (Å²) < 4.78 is 0. The Bertz CT molecular complexity index is 444. The number of benzene rings is 1. The molecule has 0 bridgehead atoms. The van der Waals surface area contributed by atoms with Crippen LogP contribution in [0.1, 0.15) is 6.42 Å². The smallest absolute Gasteiger partial charge is 0.269 e. The number of nitrogens with zero attached hydrogens (tertiary/aromatic N) is 1. The number of ketones is 1. The normalized spacial score (nSPS) is 9.71. The fourth-order valence-corrected chi connectivity index (χ4v) is 1.19. The first-order valence-corrected chi connectivity index (χ1v) is 5.18. The largest absolute Gasteiger partial charge is 0.326 e. The molecule has 0 heterocycles. The van der Waals surface area contributed by atoms with E-state index in [-0.39, 0.29) is 23.8 Å². The summed E-state index contributed by atoms with van der Waals surface area (Å²) >= 11 is 5.25. The predicted molar refractivity (Wildman–Crippen MR) is 62.1 cm³/mol. The Labute approximate surface area is 102 Å². The van der Waals surface area contributed by atoms with Crippen LogP contribution in [0.4, 0.5) is 11.4 Å². The monoisotopic (exact) mass is 256 g/mol. The highest BCUT2D eigenvalue weighted by atomic mass is 35.5. The highest BCUT2D eigenvalue weighted by Crippen LogP contribution is 2.15. The molecular formula is C10H9ClN2O4. The number of non-ortho nitro benzene ring substituents is 1. The van der Waals surface area contributed by atoms with Gasteiger partial charge in [0.15, 0.2) is 5.78 Å². The van der Waals surface area contributed by atoms with Crippen LogP contribution in [0.5, 0.6) is 0 Å². The van der Waals surface area contributed by atoms with Gasteiger partial charge in [-0.15, -0.1) is 11.6 Å². The summed E-state index contributed by atoms with van der Waals surface area (Å²) in [6.07, 6.45) is -0.305. The molecule has 0 aromatic heterocycles. The highest BCUT2D eigenvalue weighted by molar-refractivity contribution is 6.29. The maximum Gasteiger partial charge on any atom is 0.269 e.